The van der Waals surface area contributed by atoms with Crippen molar-refractivity contribution in [1.29, 1.82) is 0 Å². The maximum absolute atomic E-state index is 11.5. The van der Waals surface area contributed by atoms with Crippen molar-refractivity contribution in [3.63, 3.8) is 0 Å². The van der Waals surface area contributed by atoms with E-state index in [9.17, 15) is 9.59 Å². The van der Waals surface area contributed by atoms with Gasteiger partial charge < -0.3 is 16.4 Å². The van der Waals surface area contributed by atoms with Gasteiger partial charge in [-0.3, -0.25) is 9.59 Å². The second kappa shape index (κ2) is 6.52. The van der Waals surface area contributed by atoms with Gasteiger partial charge in [-0.2, -0.15) is 0 Å². The molecule has 2 amide bonds. The molecule has 1 aromatic rings. The van der Waals surface area contributed by atoms with Gasteiger partial charge in [0, 0.05) is 12.2 Å². The lowest BCUT2D eigenvalue weighted by Crippen LogP contribution is -2.37. The van der Waals surface area contributed by atoms with E-state index in [1.54, 1.807) is 18.2 Å². The number of amides is 2. The molecule has 1 aromatic carbocycles. The molecule has 0 atom stereocenters. The average Bonchev–Trinajstić information content (AvgIpc) is 2.27. The maximum atomic E-state index is 11.5. The van der Waals surface area contributed by atoms with Gasteiger partial charge in [0.1, 0.15) is 0 Å². The van der Waals surface area contributed by atoms with Gasteiger partial charge in [-0.1, -0.05) is 12.1 Å². The Morgan fingerprint density at radius 2 is 2.00 bits per heavy atom. The van der Waals surface area contributed by atoms with Gasteiger partial charge >= 0.3 is 0 Å². The van der Waals surface area contributed by atoms with Crippen LogP contribution in [0.1, 0.15) is 12.5 Å². The first-order valence-corrected chi connectivity index (χ1v) is 5.49. The predicted molar refractivity (Wildman–Crippen MR) is 66.3 cm³/mol. The molecule has 4 N–H and O–H groups in total. The van der Waals surface area contributed by atoms with Crippen LogP contribution in [0.2, 0.25) is 0 Å². The molecule has 0 radical (unpaired) electrons. The molecule has 0 unspecified atom stereocenters. The molecule has 5 nitrogen and oxygen atoms in total. The number of likely N-dealkylation sites (N-methyl/N-ethyl adjacent to an activating group) is 1. The van der Waals surface area contributed by atoms with Crippen LogP contribution in [0, 0.1) is 0 Å². The second-order valence-corrected chi connectivity index (χ2v) is 3.65. The smallest absolute Gasteiger partial charge is 0.239 e. The zero-order chi connectivity index (χ0) is 12.7. The van der Waals surface area contributed by atoms with Crippen LogP contribution in [0.25, 0.3) is 0 Å². The summed E-state index contributed by atoms with van der Waals surface area (Å²) in [6.45, 7) is 2.39. The van der Waals surface area contributed by atoms with Crippen LogP contribution >= 0.6 is 0 Å². The summed E-state index contributed by atoms with van der Waals surface area (Å²) in [6.07, 6.45) is 0.227. The number of nitrogens with one attached hydrogen (secondary N) is 2. The topological polar surface area (TPSA) is 84.2 Å². The Morgan fingerprint density at radius 1 is 1.24 bits per heavy atom. The van der Waals surface area contributed by atoms with Crippen molar-refractivity contribution < 1.29 is 9.59 Å². The maximum Gasteiger partial charge on any atom is 0.239 e. The van der Waals surface area contributed by atoms with E-state index in [0.29, 0.717) is 12.2 Å². The monoisotopic (exact) mass is 235 g/mol. The number of hydrogen-bond acceptors (Lipinski definition) is 3. The van der Waals surface area contributed by atoms with Crippen LogP contribution in [0.3, 0.4) is 0 Å². The lowest BCUT2D eigenvalue weighted by atomic mass is 10.1. The fourth-order valence-corrected chi connectivity index (χ4v) is 1.39. The molecule has 0 aromatic heterocycles. The van der Waals surface area contributed by atoms with E-state index in [0.717, 1.165) is 5.56 Å². The van der Waals surface area contributed by atoms with E-state index in [4.69, 9.17) is 5.73 Å². The zero-order valence-electron chi connectivity index (χ0n) is 9.82. The Balaban J connectivity index is 2.37. The number of carbonyl (C=O) groups excluding carboxylic acids is 2. The number of hydrogen-bond donors (Lipinski definition) is 3. The first-order valence-electron chi connectivity index (χ1n) is 5.49. The summed E-state index contributed by atoms with van der Waals surface area (Å²) in [4.78, 5) is 22.6. The molecule has 0 spiro atoms. The van der Waals surface area contributed by atoms with Crippen molar-refractivity contribution in [1.82, 2.24) is 10.6 Å². The highest BCUT2D eigenvalue weighted by Crippen LogP contribution is 2.06. The third-order valence-corrected chi connectivity index (χ3v) is 2.14. The van der Waals surface area contributed by atoms with Crippen LogP contribution in [0.15, 0.2) is 24.3 Å². The zero-order valence-corrected chi connectivity index (χ0v) is 9.82. The Bertz CT molecular complexity index is 404. The third-order valence-electron chi connectivity index (χ3n) is 2.14. The van der Waals surface area contributed by atoms with Crippen LogP contribution in [0.4, 0.5) is 5.69 Å². The average molecular weight is 235 g/mol. The normalized spacial score (nSPS) is 9.71. The van der Waals surface area contributed by atoms with Gasteiger partial charge in [-0.15, -0.1) is 0 Å². The summed E-state index contributed by atoms with van der Waals surface area (Å²) in [6, 6.07) is 7.12. The van der Waals surface area contributed by atoms with Gasteiger partial charge in [0.2, 0.25) is 11.8 Å². The Labute approximate surface area is 100 Å². The number of rotatable bonds is 5. The van der Waals surface area contributed by atoms with Gasteiger partial charge in [0.15, 0.2) is 0 Å². The summed E-state index contributed by atoms with van der Waals surface area (Å²) in [7, 11) is 0. The molecule has 0 aliphatic carbocycles. The minimum Gasteiger partial charge on any atom is -0.399 e. The van der Waals surface area contributed by atoms with Crippen LogP contribution in [0.5, 0.6) is 0 Å². The minimum atomic E-state index is -0.193. The van der Waals surface area contributed by atoms with E-state index in [1.807, 2.05) is 13.0 Å². The van der Waals surface area contributed by atoms with E-state index < -0.39 is 0 Å². The van der Waals surface area contributed by atoms with Gasteiger partial charge in [-0.05, 0) is 24.6 Å². The molecular weight excluding hydrogens is 218 g/mol. The van der Waals surface area contributed by atoms with Gasteiger partial charge in [0.05, 0.1) is 13.0 Å². The second-order valence-electron chi connectivity index (χ2n) is 3.65. The number of carbonyl (C=O) groups is 2. The highest BCUT2D eigenvalue weighted by Gasteiger charge is 2.05. The molecule has 92 valence electrons. The Morgan fingerprint density at radius 3 is 2.65 bits per heavy atom. The lowest BCUT2D eigenvalue weighted by molar-refractivity contribution is -0.125. The fraction of sp³-hybridized carbons (Fsp3) is 0.333. The van der Waals surface area contributed by atoms with Gasteiger partial charge in [-0.25, -0.2) is 0 Å². The van der Waals surface area contributed by atoms with E-state index in [1.165, 1.54) is 0 Å². The van der Waals surface area contributed by atoms with Crippen molar-refractivity contribution in [3.8, 4) is 0 Å². The quantitative estimate of drug-likeness (QED) is 0.631. The van der Waals surface area contributed by atoms with Gasteiger partial charge in [0.25, 0.3) is 0 Å². The molecule has 0 aliphatic heterocycles. The largest absolute Gasteiger partial charge is 0.399 e. The summed E-state index contributed by atoms with van der Waals surface area (Å²) in [5.74, 6) is -0.379. The van der Waals surface area contributed by atoms with Crippen molar-refractivity contribution in [3.05, 3.63) is 29.8 Å². The Hall–Kier alpha value is -2.04. The number of anilines is 1. The van der Waals surface area contributed by atoms with E-state index in [-0.39, 0.29) is 24.8 Å². The summed E-state index contributed by atoms with van der Waals surface area (Å²) in [5, 5.41) is 5.14. The Kier molecular flexibility index (Phi) is 5.00. The molecule has 0 heterocycles. The standard InChI is InChI=1S/C12H17N3O2/c1-2-14-12(17)8-15-11(16)7-9-4-3-5-10(13)6-9/h3-6H,2,7-8,13H2,1H3,(H,14,17)(H,15,16). The molecule has 0 saturated carbocycles. The molecule has 1 rings (SSSR count). The molecule has 0 bridgehead atoms. The SMILES string of the molecule is CCNC(=O)CNC(=O)Cc1cccc(N)c1. The number of benzene rings is 1. The predicted octanol–water partition coefficient (Wildman–Crippen LogP) is 0.0636. The molecule has 0 fully saturated rings. The van der Waals surface area contributed by atoms with Crippen LogP contribution in [-0.4, -0.2) is 24.9 Å². The molecular formula is C12H17N3O2. The fourth-order valence-electron chi connectivity index (χ4n) is 1.39. The molecule has 17 heavy (non-hydrogen) atoms. The van der Waals surface area contributed by atoms with Crippen LogP contribution in [-0.2, 0) is 16.0 Å². The van der Waals surface area contributed by atoms with E-state index >= 15 is 0 Å². The summed E-state index contributed by atoms with van der Waals surface area (Å²) < 4.78 is 0. The van der Waals surface area contributed by atoms with Crippen molar-refractivity contribution in [2.45, 2.75) is 13.3 Å². The van der Waals surface area contributed by atoms with E-state index in [2.05, 4.69) is 10.6 Å². The molecule has 0 aliphatic rings. The van der Waals surface area contributed by atoms with Crippen molar-refractivity contribution in [2.75, 3.05) is 18.8 Å². The molecule has 0 saturated heterocycles. The van der Waals surface area contributed by atoms with Crippen molar-refractivity contribution >= 4 is 17.5 Å². The number of nitrogen functional groups attached to an aromatic ring is 1. The highest BCUT2D eigenvalue weighted by atomic mass is 16.2. The van der Waals surface area contributed by atoms with Crippen molar-refractivity contribution in [2.24, 2.45) is 0 Å². The first kappa shape index (κ1) is 13.0. The molecule has 5 heteroatoms. The summed E-state index contributed by atoms with van der Waals surface area (Å²) >= 11 is 0. The highest BCUT2D eigenvalue weighted by molar-refractivity contribution is 5.85. The lowest BCUT2D eigenvalue weighted by Gasteiger charge is -2.05. The minimum absolute atomic E-state index is 0.00892. The summed E-state index contributed by atoms with van der Waals surface area (Å²) in [5.41, 5.74) is 7.06. The van der Waals surface area contributed by atoms with Crippen LogP contribution < -0.4 is 16.4 Å². The number of nitrogens with two attached hydrogens (primary N) is 1. The first-order chi connectivity index (χ1) is 8.11. The third kappa shape index (κ3) is 5.01.